The molecule has 3 rings (SSSR count). The molecule has 1 aromatic heterocycles. The molecule has 0 aliphatic carbocycles. The van der Waals surface area contributed by atoms with E-state index in [-0.39, 0.29) is 0 Å². The molecule has 0 bridgehead atoms. The Hall–Kier alpha value is -2.29. The molecule has 202 valence electrons. The van der Waals surface area contributed by atoms with Gasteiger partial charge in [-0.25, -0.2) is 0 Å². The van der Waals surface area contributed by atoms with Gasteiger partial charge in [-0.1, -0.05) is 81.1 Å². The quantitative estimate of drug-likeness (QED) is 0.217. The summed E-state index contributed by atoms with van der Waals surface area (Å²) in [5, 5.41) is 2.82. The first kappa shape index (κ1) is 32.7. The number of benzene rings is 2. The average molecular weight is 542 g/mol. The maximum Gasteiger partial charge on any atom is 0.0460 e. The molecule has 0 amide bonds. The second-order valence-electron chi connectivity index (χ2n) is 9.75. The van der Waals surface area contributed by atoms with E-state index >= 15 is 0 Å². The van der Waals surface area contributed by atoms with E-state index in [0.717, 1.165) is 40.5 Å². The van der Waals surface area contributed by atoms with Crippen molar-refractivity contribution in [1.29, 1.82) is 0 Å². The van der Waals surface area contributed by atoms with Crippen LogP contribution in [0.1, 0.15) is 104 Å². The second-order valence-corrected chi connectivity index (χ2v) is 10.6. The van der Waals surface area contributed by atoms with Crippen LogP contribution >= 0.6 is 23.2 Å². The normalized spacial score (nSPS) is 12.4. The first-order valence-corrected chi connectivity index (χ1v) is 14.2. The van der Waals surface area contributed by atoms with Crippen molar-refractivity contribution in [1.82, 2.24) is 4.98 Å². The summed E-state index contributed by atoms with van der Waals surface area (Å²) in [6.07, 6.45) is 7.70. The number of allylic oxidation sites excluding steroid dienone is 3. The predicted octanol–water partition coefficient (Wildman–Crippen LogP) is 11.7. The molecule has 0 radical (unpaired) electrons. The van der Waals surface area contributed by atoms with Gasteiger partial charge in [-0.2, -0.15) is 0 Å². The lowest BCUT2D eigenvalue weighted by molar-refractivity contribution is 0.775. The van der Waals surface area contributed by atoms with Crippen LogP contribution in [0.5, 0.6) is 0 Å². The van der Waals surface area contributed by atoms with Crippen LogP contribution in [0.4, 0.5) is 0 Å². The molecule has 0 aliphatic rings. The molecule has 0 saturated carbocycles. The Kier molecular flexibility index (Phi) is 15.3. The number of hydrogen-bond donors (Lipinski definition) is 1. The average Bonchev–Trinajstić information content (AvgIpc) is 3.20. The van der Waals surface area contributed by atoms with Crippen LogP contribution in [0.15, 0.2) is 71.4 Å². The predicted molar refractivity (Wildman–Crippen MR) is 169 cm³/mol. The highest BCUT2D eigenvalue weighted by molar-refractivity contribution is 6.31. The fraction of sp³-hybridized carbons (Fsp3) is 0.424. The van der Waals surface area contributed by atoms with Crippen molar-refractivity contribution in [3.8, 4) is 0 Å². The van der Waals surface area contributed by atoms with Crippen molar-refractivity contribution in [2.45, 2.75) is 93.4 Å². The molecule has 2 aromatic carbocycles. The highest BCUT2D eigenvalue weighted by atomic mass is 35.5. The molecule has 1 N–H and O–H groups in total. The van der Waals surface area contributed by atoms with E-state index in [2.05, 4.69) is 81.5 Å². The lowest BCUT2D eigenvalue weighted by Crippen LogP contribution is -2.00. The van der Waals surface area contributed by atoms with Gasteiger partial charge < -0.3 is 4.98 Å². The SMILES string of the molecule is C=C(C)C.CC/C=C(\C)N=C(C)CC.CCCCc1c(C(C)c2ccc(Cl)cc2)[nH]c2ccc(Cl)cc12. The maximum atomic E-state index is 6.22. The highest BCUT2D eigenvalue weighted by Gasteiger charge is 2.18. The number of nitrogens with one attached hydrogen (secondary N) is 1. The van der Waals surface area contributed by atoms with Gasteiger partial charge in [0.2, 0.25) is 0 Å². The number of fused-ring (bicyclic) bond motifs is 1. The van der Waals surface area contributed by atoms with Crippen LogP contribution in [0.3, 0.4) is 0 Å². The van der Waals surface area contributed by atoms with E-state index in [4.69, 9.17) is 23.2 Å². The number of nitrogens with zero attached hydrogens (tertiary/aromatic N) is 1. The summed E-state index contributed by atoms with van der Waals surface area (Å²) >= 11 is 12.2. The van der Waals surface area contributed by atoms with E-state index < -0.39 is 0 Å². The second kappa shape index (κ2) is 17.3. The fourth-order valence-corrected chi connectivity index (χ4v) is 4.17. The Bertz CT molecular complexity index is 1160. The Morgan fingerprint density at radius 3 is 2.11 bits per heavy atom. The zero-order valence-electron chi connectivity index (χ0n) is 24.1. The molecule has 0 spiro atoms. The van der Waals surface area contributed by atoms with Crippen LogP contribution < -0.4 is 0 Å². The minimum absolute atomic E-state index is 0.297. The number of H-pyrrole nitrogens is 1. The zero-order chi connectivity index (χ0) is 28.0. The minimum atomic E-state index is 0.297. The monoisotopic (exact) mass is 540 g/mol. The van der Waals surface area contributed by atoms with Gasteiger partial charge in [-0.15, -0.1) is 6.58 Å². The largest absolute Gasteiger partial charge is 0.358 e. The van der Waals surface area contributed by atoms with Gasteiger partial charge in [0.1, 0.15) is 0 Å². The first-order chi connectivity index (χ1) is 17.5. The standard InChI is InChI=1S/C20H21Cl2N.C9H17N.C4H8/c1-3-4-5-17-18-12-16(22)10-11-19(18)23-20(17)13(2)14-6-8-15(21)9-7-14;1-5-7-9(4)10-8(3)6-2;1-4(2)3/h6-13,23H,3-5H2,1-2H3;7H,5-6H2,1-4H3;1H2,2-3H3/b;9-7+,10-8?;. The van der Waals surface area contributed by atoms with E-state index in [0.29, 0.717) is 5.92 Å². The Morgan fingerprint density at radius 2 is 1.57 bits per heavy atom. The summed E-state index contributed by atoms with van der Waals surface area (Å²) in [5.74, 6) is 0.297. The van der Waals surface area contributed by atoms with Crippen LogP contribution in [-0.2, 0) is 6.42 Å². The fourth-order valence-electron chi connectivity index (χ4n) is 3.87. The number of halogens is 2. The molecule has 37 heavy (non-hydrogen) atoms. The molecular weight excluding hydrogens is 495 g/mol. The van der Waals surface area contributed by atoms with E-state index in [1.54, 1.807) is 0 Å². The number of aryl methyl sites for hydroxylation is 1. The van der Waals surface area contributed by atoms with Gasteiger partial charge >= 0.3 is 0 Å². The molecule has 0 fully saturated rings. The molecule has 0 aliphatic heterocycles. The number of rotatable bonds is 8. The van der Waals surface area contributed by atoms with Gasteiger partial charge in [0.05, 0.1) is 0 Å². The summed E-state index contributed by atoms with van der Waals surface area (Å²) in [4.78, 5) is 7.98. The van der Waals surface area contributed by atoms with Crippen molar-refractivity contribution >= 4 is 39.8 Å². The van der Waals surface area contributed by atoms with Gasteiger partial charge in [0.25, 0.3) is 0 Å². The Balaban J connectivity index is 0.000000409. The van der Waals surface area contributed by atoms with Crippen LogP contribution in [0.25, 0.3) is 10.9 Å². The van der Waals surface area contributed by atoms with Crippen molar-refractivity contribution in [3.63, 3.8) is 0 Å². The number of unbranched alkanes of at least 4 members (excludes halogenated alkanes) is 1. The maximum absolute atomic E-state index is 6.22. The lowest BCUT2D eigenvalue weighted by Gasteiger charge is -2.14. The van der Waals surface area contributed by atoms with Gasteiger partial charge in [0.15, 0.2) is 0 Å². The topological polar surface area (TPSA) is 28.1 Å². The summed E-state index contributed by atoms with van der Waals surface area (Å²) in [7, 11) is 0. The zero-order valence-corrected chi connectivity index (χ0v) is 25.7. The number of aromatic nitrogens is 1. The Morgan fingerprint density at radius 1 is 0.973 bits per heavy atom. The minimum Gasteiger partial charge on any atom is -0.358 e. The molecule has 0 saturated heterocycles. The summed E-state index contributed by atoms with van der Waals surface area (Å²) < 4.78 is 0. The third-order valence-corrected chi connectivity index (χ3v) is 6.35. The number of aromatic amines is 1. The molecule has 2 nitrogen and oxygen atoms in total. The molecule has 1 atom stereocenters. The van der Waals surface area contributed by atoms with Gasteiger partial charge in [0, 0.05) is 44.0 Å². The van der Waals surface area contributed by atoms with Crippen molar-refractivity contribution < 1.29 is 0 Å². The van der Waals surface area contributed by atoms with Crippen LogP contribution in [0.2, 0.25) is 10.0 Å². The molecule has 4 heteroatoms. The van der Waals surface area contributed by atoms with Gasteiger partial charge in [-0.05, 0) is 94.8 Å². The number of hydrogen-bond acceptors (Lipinski definition) is 1. The summed E-state index contributed by atoms with van der Waals surface area (Å²) in [5.41, 5.74) is 8.63. The third kappa shape index (κ3) is 11.8. The van der Waals surface area contributed by atoms with Crippen molar-refractivity contribution in [2.75, 3.05) is 0 Å². The van der Waals surface area contributed by atoms with E-state index in [1.807, 2.05) is 39.0 Å². The molecular formula is C33H46Cl2N2. The molecule has 3 aromatic rings. The van der Waals surface area contributed by atoms with Crippen molar-refractivity contribution in [2.24, 2.45) is 4.99 Å². The van der Waals surface area contributed by atoms with E-state index in [1.165, 1.54) is 46.3 Å². The van der Waals surface area contributed by atoms with Crippen LogP contribution in [-0.4, -0.2) is 10.7 Å². The highest BCUT2D eigenvalue weighted by Crippen LogP contribution is 2.34. The molecule has 1 unspecified atom stereocenters. The number of aliphatic imine (C=N–C) groups is 1. The van der Waals surface area contributed by atoms with Crippen LogP contribution in [0, 0.1) is 0 Å². The lowest BCUT2D eigenvalue weighted by atomic mass is 9.92. The van der Waals surface area contributed by atoms with E-state index in [9.17, 15) is 0 Å². The first-order valence-electron chi connectivity index (χ1n) is 13.4. The summed E-state index contributed by atoms with van der Waals surface area (Å²) in [6, 6.07) is 14.2. The van der Waals surface area contributed by atoms with Gasteiger partial charge in [-0.3, -0.25) is 4.99 Å². The molecule has 1 heterocycles. The third-order valence-electron chi connectivity index (χ3n) is 5.86. The Labute approximate surface area is 235 Å². The van der Waals surface area contributed by atoms with Crippen molar-refractivity contribution in [3.05, 3.63) is 93.3 Å². The smallest absolute Gasteiger partial charge is 0.0460 e. The summed E-state index contributed by atoms with van der Waals surface area (Å²) in [6.45, 7) is 20.3.